The molecular formula is C18H19BrN2O. The second-order valence-corrected chi connectivity index (χ2v) is 7.43. The normalized spacial score (nSPS) is 24.0. The lowest BCUT2D eigenvalue weighted by molar-refractivity contribution is 0.114. The first kappa shape index (κ1) is 14.2. The third kappa shape index (κ3) is 2.66. The van der Waals surface area contributed by atoms with Crippen LogP contribution < -0.4 is 5.56 Å². The van der Waals surface area contributed by atoms with Gasteiger partial charge in [-0.25, -0.2) is 0 Å². The highest BCUT2D eigenvalue weighted by Gasteiger charge is 2.34. The Morgan fingerprint density at radius 2 is 1.86 bits per heavy atom. The molecule has 0 spiro atoms. The van der Waals surface area contributed by atoms with Crippen LogP contribution in [-0.4, -0.2) is 22.6 Å². The molecule has 2 aliphatic rings. The molecule has 22 heavy (non-hydrogen) atoms. The maximum atomic E-state index is 12.0. The Labute approximate surface area is 138 Å². The van der Waals surface area contributed by atoms with Crippen molar-refractivity contribution in [2.24, 2.45) is 5.92 Å². The summed E-state index contributed by atoms with van der Waals surface area (Å²) >= 11 is 3.49. The van der Waals surface area contributed by atoms with Crippen LogP contribution in [0.3, 0.4) is 0 Å². The first-order valence-electron chi connectivity index (χ1n) is 7.85. The largest absolute Gasteiger partial charge is 0.312 e. The summed E-state index contributed by atoms with van der Waals surface area (Å²) in [6.07, 6.45) is 1.22. The van der Waals surface area contributed by atoms with Crippen molar-refractivity contribution in [1.82, 2.24) is 9.47 Å². The number of hydrogen-bond acceptors (Lipinski definition) is 2. The Morgan fingerprint density at radius 1 is 1.05 bits per heavy atom. The van der Waals surface area contributed by atoms with Gasteiger partial charge in [0.1, 0.15) is 0 Å². The average molecular weight is 359 g/mol. The fraction of sp³-hybridized carbons (Fsp3) is 0.389. The molecule has 2 aliphatic heterocycles. The topological polar surface area (TPSA) is 25.2 Å². The lowest BCUT2D eigenvalue weighted by Gasteiger charge is -2.42. The van der Waals surface area contributed by atoms with E-state index in [1.54, 1.807) is 6.07 Å². The minimum absolute atomic E-state index is 0.161. The van der Waals surface area contributed by atoms with Gasteiger partial charge in [0.15, 0.2) is 0 Å². The summed E-state index contributed by atoms with van der Waals surface area (Å²) in [4.78, 5) is 14.6. The number of halogens is 1. The van der Waals surface area contributed by atoms with Crippen LogP contribution in [0.2, 0.25) is 0 Å². The van der Waals surface area contributed by atoms with Gasteiger partial charge in [-0.15, -0.1) is 0 Å². The van der Waals surface area contributed by atoms with E-state index in [0.717, 1.165) is 30.7 Å². The number of hydrogen-bond donors (Lipinski definition) is 0. The maximum Gasteiger partial charge on any atom is 0.250 e. The highest BCUT2D eigenvalue weighted by Crippen LogP contribution is 2.35. The molecular weight excluding hydrogens is 340 g/mol. The summed E-state index contributed by atoms with van der Waals surface area (Å²) in [7, 11) is 0. The monoisotopic (exact) mass is 358 g/mol. The highest BCUT2D eigenvalue weighted by atomic mass is 79.9. The van der Waals surface area contributed by atoms with Crippen LogP contribution in [0.25, 0.3) is 0 Å². The van der Waals surface area contributed by atoms with Crippen LogP contribution in [0.5, 0.6) is 0 Å². The van der Waals surface area contributed by atoms with Gasteiger partial charge in [0.25, 0.3) is 5.56 Å². The van der Waals surface area contributed by atoms with E-state index in [9.17, 15) is 4.79 Å². The molecule has 114 valence electrons. The number of benzene rings is 1. The standard InChI is InChI=1S/C18H19BrN2O/c19-16-6-4-13(5-7-16)9-20-10-14-8-15(12-20)17-2-1-3-18(22)21(17)11-14/h1-7,14-15H,8-12H2/t14-,15-/m0/s1. The molecule has 0 saturated carbocycles. The van der Waals surface area contributed by atoms with Crippen molar-refractivity contribution in [3.05, 3.63) is 68.5 Å². The molecule has 4 rings (SSSR count). The first-order valence-corrected chi connectivity index (χ1v) is 8.65. The van der Waals surface area contributed by atoms with Crippen molar-refractivity contribution in [2.75, 3.05) is 13.1 Å². The number of rotatable bonds is 2. The molecule has 2 atom stereocenters. The minimum atomic E-state index is 0.161. The Kier molecular flexibility index (Phi) is 3.66. The molecule has 0 amide bonds. The van der Waals surface area contributed by atoms with Gasteiger partial charge >= 0.3 is 0 Å². The van der Waals surface area contributed by atoms with E-state index < -0.39 is 0 Å². The third-order valence-electron chi connectivity index (χ3n) is 4.87. The molecule has 3 nitrogen and oxygen atoms in total. The summed E-state index contributed by atoms with van der Waals surface area (Å²) in [5, 5.41) is 0. The summed E-state index contributed by atoms with van der Waals surface area (Å²) in [6, 6.07) is 14.3. The van der Waals surface area contributed by atoms with Crippen molar-refractivity contribution < 1.29 is 0 Å². The van der Waals surface area contributed by atoms with Gasteiger partial charge in [-0.05, 0) is 36.1 Å². The Bertz CT molecular complexity index is 737. The summed E-state index contributed by atoms with van der Waals surface area (Å²) in [6.45, 7) is 4.02. The lowest BCUT2D eigenvalue weighted by atomic mass is 9.83. The Balaban J connectivity index is 1.56. The van der Waals surface area contributed by atoms with Crippen molar-refractivity contribution in [3.63, 3.8) is 0 Å². The molecule has 0 unspecified atom stereocenters. The predicted octanol–water partition coefficient (Wildman–Crippen LogP) is 3.23. The fourth-order valence-electron chi connectivity index (χ4n) is 3.97. The SMILES string of the molecule is O=c1cccc2n1C[C@H]1C[C@H]2CN(Cc2ccc(Br)cc2)C1. The third-order valence-corrected chi connectivity index (χ3v) is 5.40. The molecule has 0 N–H and O–H groups in total. The van der Waals surface area contributed by atoms with E-state index in [1.807, 2.05) is 10.6 Å². The van der Waals surface area contributed by atoms with E-state index in [4.69, 9.17) is 0 Å². The van der Waals surface area contributed by atoms with Crippen molar-refractivity contribution >= 4 is 15.9 Å². The zero-order chi connectivity index (χ0) is 15.1. The van der Waals surface area contributed by atoms with Gasteiger partial charge in [-0.3, -0.25) is 9.69 Å². The van der Waals surface area contributed by atoms with Crippen LogP contribution >= 0.6 is 15.9 Å². The molecule has 1 aromatic heterocycles. The van der Waals surface area contributed by atoms with Gasteiger partial charge in [0.05, 0.1) is 0 Å². The van der Waals surface area contributed by atoms with Crippen molar-refractivity contribution in [3.8, 4) is 0 Å². The molecule has 4 heteroatoms. The Morgan fingerprint density at radius 3 is 2.68 bits per heavy atom. The summed E-state index contributed by atoms with van der Waals surface area (Å²) < 4.78 is 3.12. The lowest BCUT2D eigenvalue weighted by Crippen LogP contribution is -2.46. The van der Waals surface area contributed by atoms with Crippen LogP contribution in [-0.2, 0) is 13.1 Å². The minimum Gasteiger partial charge on any atom is -0.312 e. The fourth-order valence-corrected chi connectivity index (χ4v) is 4.24. The summed E-state index contributed by atoms with van der Waals surface area (Å²) in [5.74, 6) is 1.10. The molecule has 0 radical (unpaired) electrons. The van der Waals surface area contributed by atoms with Crippen molar-refractivity contribution in [2.45, 2.75) is 25.4 Å². The number of pyridine rings is 1. The van der Waals surface area contributed by atoms with Gasteiger partial charge in [0.2, 0.25) is 0 Å². The smallest absolute Gasteiger partial charge is 0.250 e. The molecule has 1 fully saturated rings. The first-order chi connectivity index (χ1) is 10.7. The highest BCUT2D eigenvalue weighted by molar-refractivity contribution is 9.10. The van der Waals surface area contributed by atoms with Gasteiger partial charge in [-0.2, -0.15) is 0 Å². The quantitative estimate of drug-likeness (QED) is 0.823. The van der Waals surface area contributed by atoms with Crippen molar-refractivity contribution in [1.29, 1.82) is 0 Å². The maximum absolute atomic E-state index is 12.0. The van der Waals surface area contributed by atoms with E-state index in [-0.39, 0.29) is 5.56 Å². The molecule has 0 aliphatic carbocycles. The van der Waals surface area contributed by atoms with Crippen LogP contribution in [0.4, 0.5) is 0 Å². The van der Waals surface area contributed by atoms with E-state index in [0.29, 0.717) is 11.8 Å². The predicted molar refractivity (Wildman–Crippen MR) is 91.0 cm³/mol. The zero-order valence-corrected chi connectivity index (χ0v) is 14.0. The molecule has 3 heterocycles. The molecule has 1 aromatic carbocycles. The number of likely N-dealkylation sites (tertiary alicyclic amines) is 1. The average Bonchev–Trinajstić information content (AvgIpc) is 2.51. The second kappa shape index (κ2) is 5.67. The zero-order valence-electron chi connectivity index (χ0n) is 12.4. The van der Waals surface area contributed by atoms with E-state index in [2.05, 4.69) is 51.2 Å². The van der Waals surface area contributed by atoms with E-state index >= 15 is 0 Å². The van der Waals surface area contributed by atoms with Crippen LogP contribution in [0.1, 0.15) is 23.6 Å². The molecule has 2 bridgehead atoms. The van der Waals surface area contributed by atoms with Crippen LogP contribution in [0.15, 0.2) is 51.7 Å². The number of piperidine rings is 1. The Hall–Kier alpha value is -1.39. The molecule has 2 aromatic rings. The molecule has 1 saturated heterocycles. The summed E-state index contributed by atoms with van der Waals surface area (Å²) in [5.41, 5.74) is 2.74. The van der Waals surface area contributed by atoms with Gasteiger partial charge in [-0.1, -0.05) is 34.1 Å². The number of nitrogens with zero attached hydrogens (tertiary/aromatic N) is 2. The number of aromatic nitrogens is 1. The van der Waals surface area contributed by atoms with Gasteiger partial charge < -0.3 is 4.57 Å². The van der Waals surface area contributed by atoms with Gasteiger partial charge in [0, 0.05) is 48.3 Å². The second-order valence-electron chi connectivity index (χ2n) is 6.52. The van der Waals surface area contributed by atoms with E-state index in [1.165, 1.54) is 17.7 Å². The van der Waals surface area contributed by atoms with Crippen LogP contribution in [0, 0.1) is 5.92 Å². The number of fused-ring (bicyclic) bond motifs is 4.